The van der Waals surface area contributed by atoms with E-state index in [4.69, 9.17) is 4.74 Å². The smallest absolute Gasteiger partial charge is 0.341 e. The minimum absolute atomic E-state index is 0.121. The molecule has 0 saturated heterocycles. The summed E-state index contributed by atoms with van der Waals surface area (Å²) in [6.07, 6.45) is 3.38. The first-order valence-electron chi connectivity index (χ1n) is 7.75. The van der Waals surface area contributed by atoms with Crippen LogP contribution in [-0.4, -0.2) is 24.0 Å². The van der Waals surface area contributed by atoms with Gasteiger partial charge >= 0.3 is 5.97 Å². The van der Waals surface area contributed by atoms with Crippen molar-refractivity contribution in [1.82, 2.24) is 5.32 Å². The number of halogens is 1. The van der Waals surface area contributed by atoms with E-state index in [2.05, 4.69) is 12.2 Å². The fourth-order valence-electron chi connectivity index (χ4n) is 2.74. The Kier molecular flexibility index (Phi) is 5.52. The fraction of sp³-hybridized carbons (Fsp3) is 0.529. The molecule has 0 aliphatic heterocycles. The fourth-order valence-corrected chi connectivity index (χ4v) is 2.74. The zero-order chi connectivity index (χ0) is 16.1. The Balaban J connectivity index is 1.91. The molecule has 1 fully saturated rings. The van der Waals surface area contributed by atoms with Gasteiger partial charge < -0.3 is 10.1 Å². The number of ether oxygens (including phenoxy) is 1. The largest absolute Gasteiger partial charge is 0.449 e. The van der Waals surface area contributed by atoms with Crippen molar-refractivity contribution in [2.45, 2.75) is 51.7 Å². The molecule has 4 nitrogen and oxygen atoms in total. The third kappa shape index (κ3) is 4.06. The van der Waals surface area contributed by atoms with E-state index in [-0.39, 0.29) is 17.5 Å². The minimum atomic E-state index is -0.943. The van der Waals surface area contributed by atoms with Gasteiger partial charge in [-0.1, -0.05) is 31.9 Å². The van der Waals surface area contributed by atoms with Crippen LogP contribution in [0.1, 0.15) is 49.9 Å². The average Bonchev–Trinajstić information content (AvgIpc) is 2.49. The Hall–Kier alpha value is -1.91. The summed E-state index contributed by atoms with van der Waals surface area (Å²) in [4.78, 5) is 24.0. The maximum atomic E-state index is 13.5. The molecule has 22 heavy (non-hydrogen) atoms. The third-order valence-electron chi connectivity index (χ3n) is 4.19. The summed E-state index contributed by atoms with van der Waals surface area (Å²) in [5.74, 6) is -1.38. The Labute approximate surface area is 130 Å². The number of carbonyl (C=O) groups is 2. The summed E-state index contributed by atoms with van der Waals surface area (Å²) >= 11 is 0. The van der Waals surface area contributed by atoms with Gasteiger partial charge in [-0.3, -0.25) is 4.79 Å². The van der Waals surface area contributed by atoms with Gasteiger partial charge in [-0.05, 0) is 37.8 Å². The molecular weight excluding hydrogens is 285 g/mol. The quantitative estimate of drug-likeness (QED) is 0.870. The molecule has 1 N–H and O–H groups in total. The van der Waals surface area contributed by atoms with Crippen molar-refractivity contribution in [1.29, 1.82) is 0 Å². The van der Waals surface area contributed by atoms with Crippen LogP contribution in [-0.2, 0) is 9.53 Å². The van der Waals surface area contributed by atoms with Gasteiger partial charge in [-0.25, -0.2) is 9.18 Å². The molecule has 1 saturated carbocycles. The van der Waals surface area contributed by atoms with Gasteiger partial charge in [0.25, 0.3) is 5.91 Å². The first kappa shape index (κ1) is 16.5. The summed E-state index contributed by atoms with van der Waals surface area (Å²) in [5.41, 5.74) is -0.159. The number of carbonyl (C=O) groups excluding carboxylic acids is 2. The van der Waals surface area contributed by atoms with Crippen molar-refractivity contribution in [3.05, 3.63) is 35.6 Å². The lowest BCUT2D eigenvalue weighted by Gasteiger charge is -2.30. The maximum absolute atomic E-state index is 13.5. The zero-order valence-corrected chi connectivity index (χ0v) is 13.0. The lowest BCUT2D eigenvalue weighted by molar-refractivity contribution is -0.130. The average molecular weight is 307 g/mol. The molecular formula is C17H22FNO3. The van der Waals surface area contributed by atoms with Gasteiger partial charge in [0.15, 0.2) is 6.10 Å². The van der Waals surface area contributed by atoms with E-state index in [0.29, 0.717) is 5.92 Å². The van der Waals surface area contributed by atoms with E-state index < -0.39 is 17.9 Å². The highest BCUT2D eigenvalue weighted by molar-refractivity contribution is 5.92. The highest BCUT2D eigenvalue weighted by Gasteiger charge is 2.27. The molecule has 1 aliphatic carbocycles. The molecule has 0 radical (unpaired) electrons. The van der Waals surface area contributed by atoms with E-state index in [1.807, 2.05) is 0 Å². The lowest BCUT2D eigenvalue weighted by Crippen LogP contribution is -2.46. The van der Waals surface area contributed by atoms with Crippen molar-refractivity contribution < 1.29 is 18.7 Å². The summed E-state index contributed by atoms with van der Waals surface area (Å²) in [6, 6.07) is 5.69. The normalized spacial score (nSPS) is 22.7. The molecule has 1 aromatic carbocycles. The Morgan fingerprint density at radius 1 is 1.27 bits per heavy atom. The molecule has 0 unspecified atom stereocenters. The maximum Gasteiger partial charge on any atom is 0.341 e. The van der Waals surface area contributed by atoms with E-state index in [1.54, 1.807) is 6.07 Å². The van der Waals surface area contributed by atoms with Crippen LogP contribution in [0.2, 0.25) is 0 Å². The molecule has 0 heterocycles. The van der Waals surface area contributed by atoms with Crippen molar-refractivity contribution in [3.63, 3.8) is 0 Å². The lowest BCUT2D eigenvalue weighted by atomic mass is 9.86. The van der Waals surface area contributed by atoms with Crippen LogP contribution in [0.5, 0.6) is 0 Å². The van der Waals surface area contributed by atoms with Gasteiger partial charge in [0.05, 0.1) is 5.56 Å². The molecule has 5 heteroatoms. The summed E-state index contributed by atoms with van der Waals surface area (Å²) in [5, 5.41) is 2.93. The standard InChI is InChI=1S/C17H22FNO3/c1-11-7-3-6-10-15(11)19-16(20)12(2)22-17(21)13-8-4-5-9-14(13)18/h4-5,8-9,11-12,15H,3,6-7,10H2,1-2H3,(H,19,20)/t11-,12-,15-/m1/s1. The zero-order valence-electron chi connectivity index (χ0n) is 13.0. The number of benzene rings is 1. The molecule has 0 aromatic heterocycles. The molecule has 0 bridgehead atoms. The number of amides is 1. The van der Waals surface area contributed by atoms with Gasteiger partial charge in [-0.15, -0.1) is 0 Å². The number of hydrogen-bond acceptors (Lipinski definition) is 3. The van der Waals surface area contributed by atoms with Crippen LogP contribution in [0.15, 0.2) is 24.3 Å². The number of nitrogens with one attached hydrogen (secondary N) is 1. The second-order valence-corrected chi connectivity index (χ2v) is 5.90. The van der Waals surface area contributed by atoms with E-state index in [1.165, 1.54) is 31.5 Å². The number of hydrogen-bond donors (Lipinski definition) is 1. The SMILES string of the molecule is C[C@@H]1CCCC[C@H]1NC(=O)[C@@H](C)OC(=O)c1ccccc1F. The number of rotatable bonds is 4. The van der Waals surface area contributed by atoms with Crippen molar-refractivity contribution in [2.75, 3.05) is 0 Å². The Morgan fingerprint density at radius 2 is 1.95 bits per heavy atom. The van der Waals surface area contributed by atoms with Crippen LogP contribution in [0, 0.1) is 11.7 Å². The van der Waals surface area contributed by atoms with E-state index >= 15 is 0 Å². The Bertz CT molecular complexity index is 546. The van der Waals surface area contributed by atoms with Crippen LogP contribution in [0.3, 0.4) is 0 Å². The monoisotopic (exact) mass is 307 g/mol. The van der Waals surface area contributed by atoms with Gasteiger partial charge in [-0.2, -0.15) is 0 Å². The van der Waals surface area contributed by atoms with Crippen molar-refractivity contribution in [3.8, 4) is 0 Å². The summed E-state index contributed by atoms with van der Waals surface area (Å²) < 4.78 is 18.6. The molecule has 1 amide bonds. The minimum Gasteiger partial charge on any atom is -0.449 e. The van der Waals surface area contributed by atoms with Crippen molar-refractivity contribution in [2.24, 2.45) is 5.92 Å². The molecule has 120 valence electrons. The van der Waals surface area contributed by atoms with Gasteiger partial charge in [0.2, 0.25) is 0 Å². The van der Waals surface area contributed by atoms with Crippen LogP contribution >= 0.6 is 0 Å². The predicted octanol–water partition coefficient (Wildman–Crippen LogP) is 3.07. The molecule has 2 rings (SSSR count). The molecule has 1 aliphatic rings. The molecule has 0 spiro atoms. The molecule has 1 aromatic rings. The van der Waals surface area contributed by atoms with E-state index in [9.17, 15) is 14.0 Å². The first-order valence-corrected chi connectivity index (χ1v) is 7.75. The number of esters is 1. The topological polar surface area (TPSA) is 55.4 Å². The third-order valence-corrected chi connectivity index (χ3v) is 4.19. The van der Waals surface area contributed by atoms with Crippen LogP contribution in [0.4, 0.5) is 4.39 Å². The first-order chi connectivity index (χ1) is 10.5. The summed E-state index contributed by atoms with van der Waals surface area (Å²) in [7, 11) is 0. The second-order valence-electron chi connectivity index (χ2n) is 5.90. The van der Waals surface area contributed by atoms with Gasteiger partial charge in [0, 0.05) is 6.04 Å². The Morgan fingerprint density at radius 3 is 2.64 bits per heavy atom. The predicted molar refractivity (Wildman–Crippen MR) is 80.8 cm³/mol. The van der Waals surface area contributed by atoms with Crippen LogP contribution < -0.4 is 5.32 Å². The highest BCUT2D eigenvalue weighted by atomic mass is 19.1. The molecule has 3 atom stereocenters. The van der Waals surface area contributed by atoms with E-state index in [0.717, 1.165) is 19.3 Å². The second kappa shape index (κ2) is 7.38. The highest BCUT2D eigenvalue weighted by Crippen LogP contribution is 2.23. The summed E-state index contributed by atoms with van der Waals surface area (Å²) in [6.45, 7) is 3.61. The van der Waals surface area contributed by atoms with Crippen molar-refractivity contribution >= 4 is 11.9 Å². The van der Waals surface area contributed by atoms with Gasteiger partial charge in [0.1, 0.15) is 5.82 Å². The van der Waals surface area contributed by atoms with Crippen LogP contribution in [0.25, 0.3) is 0 Å².